The van der Waals surface area contributed by atoms with Gasteiger partial charge in [0.25, 0.3) is 0 Å². The van der Waals surface area contributed by atoms with E-state index in [4.69, 9.17) is 4.74 Å². The van der Waals surface area contributed by atoms with Crippen LogP contribution < -0.4 is 0 Å². The van der Waals surface area contributed by atoms with Crippen molar-refractivity contribution in [3.63, 3.8) is 0 Å². The molecule has 2 nitrogen and oxygen atoms in total. The quantitative estimate of drug-likeness (QED) is 0.811. The summed E-state index contributed by atoms with van der Waals surface area (Å²) in [5.74, 6) is 0. The summed E-state index contributed by atoms with van der Waals surface area (Å²) < 4.78 is 5.64. The molecular formula is C12H20O2S. The highest BCUT2D eigenvalue weighted by atomic mass is 32.1. The fourth-order valence-electron chi connectivity index (χ4n) is 1.61. The summed E-state index contributed by atoms with van der Waals surface area (Å²) in [7, 11) is 0. The molecule has 1 heterocycles. The number of thiophene rings is 1. The number of aliphatic hydroxyl groups is 1. The first-order valence-corrected chi connectivity index (χ1v) is 6.39. The summed E-state index contributed by atoms with van der Waals surface area (Å²) >= 11 is 1.66. The van der Waals surface area contributed by atoms with E-state index in [0.29, 0.717) is 13.0 Å². The third-order valence-corrected chi connectivity index (χ3v) is 3.62. The van der Waals surface area contributed by atoms with Gasteiger partial charge in [0.2, 0.25) is 0 Å². The molecule has 0 bridgehead atoms. The van der Waals surface area contributed by atoms with E-state index in [2.05, 4.69) is 11.4 Å². The lowest BCUT2D eigenvalue weighted by molar-refractivity contribution is -0.110. The van der Waals surface area contributed by atoms with Crippen LogP contribution in [-0.4, -0.2) is 23.4 Å². The summed E-state index contributed by atoms with van der Waals surface area (Å²) in [4.78, 5) is 0. The highest BCUT2D eigenvalue weighted by Crippen LogP contribution is 2.23. The molecule has 15 heavy (non-hydrogen) atoms. The van der Waals surface area contributed by atoms with Crippen LogP contribution in [0.4, 0.5) is 0 Å². The van der Waals surface area contributed by atoms with Crippen LogP contribution in [0.3, 0.4) is 0 Å². The molecule has 0 spiro atoms. The molecule has 1 aromatic rings. The van der Waals surface area contributed by atoms with E-state index in [1.165, 1.54) is 5.56 Å². The fourth-order valence-corrected chi connectivity index (χ4v) is 2.29. The number of rotatable bonds is 6. The second kappa shape index (κ2) is 5.64. The maximum Gasteiger partial charge on any atom is 0.0912 e. The molecule has 2 atom stereocenters. The van der Waals surface area contributed by atoms with Crippen LogP contribution in [0.2, 0.25) is 0 Å². The van der Waals surface area contributed by atoms with Crippen molar-refractivity contribution in [2.75, 3.05) is 6.61 Å². The van der Waals surface area contributed by atoms with Gasteiger partial charge in [-0.3, -0.25) is 0 Å². The van der Waals surface area contributed by atoms with Gasteiger partial charge in [0.1, 0.15) is 0 Å². The average molecular weight is 228 g/mol. The van der Waals surface area contributed by atoms with E-state index in [0.717, 1.165) is 6.42 Å². The smallest absolute Gasteiger partial charge is 0.0912 e. The zero-order valence-electron chi connectivity index (χ0n) is 9.69. The molecule has 0 aromatic carbocycles. The monoisotopic (exact) mass is 228 g/mol. The fraction of sp³-hybridized carbons (Fsp3) is 0.667. The number of aliphatic hydroxyl groups excluding tert-OH is 1. The van der Waals surface area contributed by atoms with Gasteiger partial charge < -0.3 is 9.84 Å². The molecule has 0 saturated carbocycles. The molecule has 0 aliphatic carbocycles. The Kier molecular flexibility index (Phi) is 4.77. The maximum atomic E-state index is 10.2. The second-order valence-corrected chi connectivity index (χ2v) is 4.73. The number of hydrogen-bond acceptors (Lipinski definition) is 3. The average Bonchev–Trinajstić information content (AvgIpc) is 2.70. The van der Waals surface area contributed by atoms with E-state index in [1.54, 1.807) is 11.3 Å². The Bertz CT molecular complexity index is 271. The minimum Gasteiger partial charge on any atom is -0.390 e. The van der Waals surface area contributed by atoms with Crippen molar-refractivity contribution in [1.82, 2.24) is 0 Å². The normalized spacial score (nSPS) is 17.3. The molecule has 0 fully saturated rings. The van der Waals surface area contributed by atoms with E-state index in [1.807, 2.05) is 26.2 Å². The Morgan fingerprint density at radius 3 is 2.73 bits per heavy atom. The van der Waals surface area contributed by atoms with Crippen LogP contribution in [0.5, 0.6) is 0 Å². The van der Waals surface area contributed by atoms with E-state index in [9.17, 15) is 5.11 Å². The van der Waals surface area contributed by atoms with Crippen molar-refractivity contribution < 1.29 is 9.84 Å². The molecule has 1 rings (SSSR count). The van der Waals surface area contributed by atoms with E-state index in [-0.39, 0.29) is 0 Å². The first kappa shape index (κ1) is 12.7. The molecule has 0 radical (unpaired) electrons. The van der Waals surface area contributed by atoms with Gasteiger partial charge in [-0.25, -0.2) is 0 Å². The minimum atomic E-state index is -0.433. The first-order chi connectivity index (χ1) is 7.12. The van der Waals surface area contributed by atoms with Crippen LogP contribution in [0, 0.1) is 0 Å². The van der Waals surface area contributed by atoms with E-state index < -0.39 is 11.7 Å². The summed E-state index contributed by atoms with van der Waals surface area (Å²) in [6.07, 6.45) is 1.07. The summed E-state index contributed by atoms with van der Waals surface area (Å²) in [5, 5.41) is 14.3. The lowest BCUT2D eigenvalue weighted by Crippen LogP contribution is -2.42. The first-order valence-electron chi connectivity index (χ1n) is 5.45. The lowest BCUT2D eigenvalue weighted by Gasteiger charge is -2.33. The number of hydrogen-bond donors (Lipinski definition) is 1. The Morgan fingerprint density at radius 2 is 2.27 bits per heavy atom. The van der Waals surface area contributed by atoms with Gasteiger partial charge in [0, 0.05) is 13.0 Å². The zero-order chi connectivity index (χ0) is 11.3. The van der Waals surface area contributed by atoms with Gasteiger partial charge >= 0.3 is 0 Å². The van der Waals surface area contributed by atoms with Crippen molar-refractivity contribution in [1.29, 1.82) is 0 Å². The predicted molar refractivity (Wildman–Crippen MR) is 64.4 cm³/mol. The van der Waals surface area contributed by atoms with Gasteiger partial charge in [-0.2, -0.15) is 11.3 Å². The maximum absolute atomic E-state index is 10.2. The summed E-state index contributed by atoms with van der Waals surface area (Å²) in [6, 6.07) is 2.05. The zero-order valence-corrected chi connectivity index (χ0v) is 10.5. The van der Waals surface area contributed by atoms with Crippen molar-refractivity contribution in [2.24, 2.45) is 0 Å². The van der Waals surface area contributed by atoms with Crippen LogP contribution in [0.15, 0.2) is 16.8 Å². The molecule has 86 valence electrons. The largest absolute Gasteiger partial charge is 0.390 e. The van der Waals surface area contributed by atoms with Crippen molar-refractivity contribution in [3.05, 3.63) is 22.4 Å². The van der Waals surface area contributed by atoms with Gasteiger partial charge in [-0.1, -0.05) is 6.92 Å². The Labute approximate surface area is 95.9 Å². The van der Waals surface area contributed by atoms with Gasteiger partial charge in [0.15, 0.2) is 0 Å². The molecule has 3 heteroatoms. The molecule has 0 amide bonds. The molecule has 0 saturated heterocycles. The topological polar surface area (TPSA) is 29.5 Å². The molecule has 2 unspecified atom stereocenters. The third-order valence-electron chi connectivity index (χ3n) is 2.89. The molecule has 1 N–H and O–H groups in total. The van der Waals surface area contributed by atoms with E-state index >= 15 is 0 Å². The van der Waals surface area contributed by atoms with Crippen LogP contribution in [-0.2, 0) is 11.2 Å². The van der Waals surface area contributed by atoms with Crippen molar-refractivity contribution in [2.45, 2.75) is 45.3 Å². The number of ether oxygens (including phenoxy) is 1. The van der Waals surface area contributed by atoms with Gasteiger partial charge in [-0.15, -0.1) is 0 Å². The summed E-state index contributed by atoms with van der Waals surface area (Å²) in [5.41, 5.74) is 0.767. The second-order valence-electron chi connectivity index (χ2n) is 3.95. The van der Waals surface area contributed by atoms with Crippen LogP contribution in [0.1, 0.15) is 32.8 Å². The molecule has 0 aliphatic rings. The molecular weight excluding hydrogens is 208 g/mol. The van der Waals surface area contributed by atoms with Crippen LogP contribution >= 0.6 is 11.3 Å². The predicted octanol–water partition coefficient (Wildman–Crippen LogP) is 2.86. The highest BCUT2D eigenvalue weighted by Gasteiger charge is 2.31. The lowest BCUT2D eigenvalue weighted by atomic mass is 9.91. The van der Waals surface area contributed by atoms with Crippen LogP contribution in [0.25, 0.3) is 0 Å². The Morgan fingerprint density at radius 1 is 1.53 bits per heavy atom. The summed E-state index contributed by atoms with van der Waals surface area (Å²) in [6.45, 7) is 6.64. The van der Waals surface area contributed by atoms with Gasteiger partial charge in [0.05, 0.1) is 11.7 Å². The Hall–Kier alpha value is -0.380. The SMILES string of the molecule is CCOC(C)(CC)C(O)Cc1ccsc1. The standard InChI is InChI=1S/C12H20O2S/c1-4-12(3,14-5-2)11(13)8-10-6-7-15-9-10/h6-7,9,11,13H,4-5,8H2,1-3H3. The molecule has 0 aliphatic heterocycles. The minimum absolute atomic E-state index is 0.420. The van der Waals surface area contributed by atoms with Gasteiger partial charge in [-0.05, 0) is 42.7 Å². The van der Waals surface area contributed by atoms with Crippen molar-refractivity contribution in [3.8, 4) is 0 Å². The van der Waals surface area contributed by atoms with Crippen molar-refractivity contribution >= 4 is 11.3 Å². The Balaban J connectivity index is 2.60. The highest BCUT2D eigenvalue weighted by molar-refractivity contribution is 7.07. The molecule has 1 aromatic heterocycles. The third kappa shape index (κ3) is 3.30.